The second-order valence-corrected chi connectivity index (χ2v) is 8.05. The van der Waals surface area contributed by atoms with E-state index in [1.54, 1.807) is 6.20 Å². The van der Waals surface area contributed by atoms with Gasteiger partial charge in [0.1, 0.15) is 18.1 Å². The van der Waals surface area contributed by atoms with Crippen LogP contribution in [0.4, 0.5) is 17.2 Å². The summed E-state index contributed by atoms with van der Waals surface area (Å²) in [5.41, 5.74) is 7.52. The van der Waals surface area contributed by atoms with Crippen molar-refractivity contribution in [1.29, 1.82) is 0 Å². The van der Waals surface area contributed by atoms with Gasteiger partial charge < -0.3 is 25.1 Å². The number of aryl methyl sites for hydroxylation is 2. The van der Waals surface area contributed by atoms with E-state index in [1.807, 2.05) is 38.1 Å². The van der Waals surface area contributed by atoms with Crippen LogP contribution in [0.25, 0.3) is 17.3 Å². The van der Waals surface area contributed by atoms with Crippen LogP contribution in [-0.4, -0.2) is 47.8 Å². The molecule has 0 radical (unpaired) electrons. The number of rotatable bonds is 5. The topological polar surface area (TPSA) is 95.2 Å². The molecule has 1 saturated heterocycles. The summed E-state index contributed by atoms with van der Waals surface area (Å²) in [5, 5.41) is 13.9. The second kappa shape index (κ2) is 8.47. The molecule has 2 aromatic heterocycles. The number of morpholine rings is 1. The summed E-state index contributed by atoms with van der Waals surface area (Å²) in [4.78, 5) is 19.0. The van der Waals surface area contributed by atoms with Crippen LogP contribution in [0.1, 0.15) is 28.6 Å². The third kappa shape index (κ3) is 3.73. The number of aldehydes is 1. The SMILES string of the molecule is Cc1n[nH]c(C)c1-c1cc2c(c(Nc3ccc(N4CCOCC4)cc3)n1)C(C=O)NC=C2. The number of benzene rings is 1. The van der Waals surface area contributed by atoms with E-state index in [4.69, 9.17) is 9.72 Å². The fourth-order valence-corrected chi connectivity index (χ4v) is 4.34. The van der Waals surface area contributed by atoms with Crippen LogP contribution in [0.3, 0.4) is 0 Å². The van der Waals surface area contributed by atoms with Crippen LogP contribution in [0.5, 0.6) is 0 Å². The Morgan fingerprint density at radius 3 is 2.66 bits per heavy atom. The fourth-order valence-electron chi connectivity index (χ4n) is 4.34. The lowest BCUT2D eigenvalue weighted by molar-refractivity contribution is -0.109. The molecular weight excluding hydrogens is 404 g/mol. The van der Waals surface area contributed by atoms with Crippen molar-refractivity contribution in [2.45, 2.75) is 19.9 Å². The van der Waals surface area contributed by atoms with Gasteiger partial charge in [-0.3, -0.25) is 5.10 Å². The first kappa shape index (κ1) is 20.3. The highest BCUT2D eigenvalue weighted by Gasteiger charge is 2.24. The maximum atomic E-state index is 11.8. The first-order valence-corrected chi connectivity index (χ1v) is 10.8. The monoisotopic (exact) mass is 430 g/mol. The Labute approximate surface area is 186 Å². The highest BCUT2D eigenvalue weighted by atomic mass is 16.5. The molecule has 1 atom stereocenters. The van der Waals surface area contributed by atoms with Crippen molar-refractivity contribution in [3.8, 4) is 11.3 Å². The van der Waals surface area contributed by atoms with Crippen LogP contribution >= 0.6 is 0 Å². The van der Waals surface area contributed by atoms with Crippen molar-refractivity contribution >= 4 is 29.6 Å². The number of fused-ring (bicyclic) bond motifs is 1. The van der Waals surface area contributed by atoms with E-state index in [-0.39, 0.29) is 0 Å². The lowest BCUT2D eigenvalue weighted by Gasteiger charge is -2.29. The van der Waals surface area contributed by atoms with E-state index in [0.29, 0.717) is 5.82 Å². The maximum absolute atomic E-state index is 11.8. The second-order valence-electron chi connectivity index (χ2n) is 8.05. The number of hydrogen-bond acceptors (Lipinski definition) is 7. The summed E-state index contributed by atoms with van der Waals surface area (Å²) < 4.78 is 5.45. The molecule has 5 rings (SSSR count). The number of carbonyl (C=O) groups excluding carboxylic acids is 1. The predicted molar refractivity (Wildman–Crippen MR) is 125 cm³/mol. The molecule has 8 heteroatoms. The Morgan fingerprint density at radius 1 is 1.19 bits per heavy atom. The molecule has 0 bridgehead atoms. The van der Waals surface area contributed by atoms with E-state index < -0.39 is 6.04 Å². The van der Waals surface area contributed by atoms with Gasteiger partial charge in [-0.05, 0) is 62.0 Å². The van der Waals surface area contributed by atoms with Gasteiger partial charge in [-0.2, -0.15) is 5.10 Å². The molecule has 1 unspecified atom stereocenters. The third-order valence-electron chi connectivity index (χ3n) is 5.97. The van der Waals surface area contributed by atoms with Gasteiger partial charge in [-0.25, -0.2) is 4.98 Å². The summed E-state index contributed by atoms with van der Waals surface area (Å²) in [5.74, 6) is 0.658. The zero-order chi connectivity index (χ0) is 22.1. The van der Waals surface area contributed by atoms with Crippen molar-refractivity contribution in [3.63, 3.8) is 0 Å². The highest BCUT2D eigenvalue weighted by Crippen LogP contribution is 2.35. The molecule has 0 aliphatic carbocycles. The zero-order valence-corrected chi connectivity index (χ0v) is 18.2. The Morgan fingerprint density at radius 2 is 1.97 bits per heavy atom. The molecule has 1 aromatic carbocycles. The Kier molecular flexibility index (Phi) is 5.36. The number of nitrogens with one attached hydrogen (secondary N) is 3. The molecule has 3 N–H and O–H groups in total. The molecule has 4 heterocycles. The van der Waals surface area contributed by atoms with Crippen LogP contribution < -0.4 is 15.5 Å². The van der Waals surface area contributed by atoms with Crippen molar-refractivity contribution in [3.05, 3.63) is 59.0 Å². The van der Waals surface area contributed by atoms with Gasteiger partial charge in [0.15, 0.2) is 0 Å². The minimum Gasteiger partial charge on any atom is -0.378 e. The largest absolute Gasteiger partial charge is 0.378 e. The van der Waals surface area contributed by atoms with Gasteiger partial charge >= 0.3 is 0 Å². The Hall–Kier alpha value is -3.65. The summed E-state index contributed by atoms with van der Waals surface area (Å²) >= 11 is 0. The minimum atomic E-state index is -0.460. The molecule has 2 aliphatic heterocycles. The fraction of sp³-hybridized carbons (Fsp3) is 0.292. The summed E-state index contributed by atoms with van der Waals surface area (Å²) in [6.07, 6.45) is 4.68. The van der Waals surface area contributed by atoms with Gasteiger partial charge in [0.25, 0.3) is 0 Å². The maximum Gasteiger partial charge on any atom is 0.146 e. The molecule has 32 heavy (non-hydrogen) atoms. The average molecular weight is 431 g/mol. The minimum absolute atomic E-state index is 0.460. The molecule has 0 saturated carbocycles. The van der Waals surface area contributed by atoms with E-state index in [1.165, 1.54) is 5.69 Å². The average Bonchev–Trinajstić information content (AvgIpc) is 3.17. The zero-order valence-electron chi connectivity index (χ0n) is 18.2. The third-order valence-corrected chi connectivity index (χ3v) is 5.97. The lowest BCUT2D eigenvalue weighted by Crippen LogP contribution is -2.36. The molecule has 8 nitrogen and oxygen atoms in total. The van der Waals surface area contributed by atoms with Gasteiger partial charge in [0, 0.05) is 41.3 Å². The summed E-state index contributed by atoms with van der Waals surface area (Å²) in [6.45, 7) is 7.24. The Bertz CT molecular complexity index is 1140. The van der Waals surface area contributed by atoms with E-state index in [9.17, 15) is 4.79 Å². The van der Waals surface area contributed by atoms with E-state index in [0.717, 1.165) is 72.0 Å². The predicted octanol–water partition coefficient (Wildman–Crippen LogP) is 3.48. The van der Waals surface area contributed by atoms with E-state index >= 15 is 0 Å². The molecule has 3 aromatic rings. The normalized spacial score (nSPS) is 17.6. The number of anilines is 3. The summed E-state index contributed by atoms with van der Waals surface area (Å²) in [7, 11) is 0. The molecule has 1 fully saturated rings. The number of hydrogen-bond donors (Lipinski definition) is 3. The first-order chi connectivity index (χ1) is 15.6. The van der Waals surface area contributed by atoms with Crippen molar-refractivity contribution < 1.29 is 9.53 Å². The van der Waals surface area contributed by atoms with Gasteiger partial charge in [0.2, 0.25) is 0 Å². The van der Waals surface area contributed by atoms with Crippen LogP contribution in [0, 0.1) is 13.8 Å². The van der Waals surface area contributed by atoms with Gasteiger partial charge in [-0.15, -0.1) is 0 Å². The number of carbonyl (C=O) groups is 1. The number of aromatic nitrogens is 3. The number of nitrogens with zero attached hydrogens (tertiary/aromatic N) is 3. The molecule has 0 amide bonds. The quantitative estimate of drug-likeness (QED) is 0.534. The van der Waals surface area contributed by atoms with Crippen molar-refractivity contribution in [2.24, 2.45) is 0 Å². The molecular formula is C24H26N6O2. The number of pyridine rings is 1. The summed E-state index contributed by atoms with van der Waals surface area (Å²) in [6, 6.07) is 9.84. The first-order valence-electron chi connectivity index (χ1n) is 10.8. The van der Waals surface area contributed by atoms with Crippen LogP contribution in [-0.2, 0) is 9.53 Å². The lowest BCUT2D eigenvalue weighted by atomic mass is 9.96. The molecule has 2 aliphatic rings. The van der Waals surface area contributed by atoms with Crippen LogP contribution in [0.15, 0.2) is 36.5 Å². The van der Waals surface area contributed by atoms with E-state index in [2.05, 4.69) is 37.9 Å². The van der Waals surface area contributed by atoms with Crippen molar-refractivity contribution in [2.75, 3.05) is 36.5 Å². The molecule has 164 valence electrons. The van der Waals surface area contributed by atoms with Crippen molar-refractivity contribution in [1.82, 2.24) is 20.5 Å². The standard InChI is InChI=1S/C24H26N6O2/c1-15-22(16(2)29-28-15)20-13-17-7-8-25-21(14-31)23(17)24(27-20)26-18-3-5-19(6-4-18)30-9-11-32-12-10-30/h3-8,13-14,21,25H,9-12H2,1-2H3,(H,26,27)(H,28,29). The number of aromatic amines is 1. The van der Waals surface area contributed by atoms with Gasteiger partial charge in [-0.1, -0.05) is 0 Å². The smallest absolute Gasteiger partial charge is 0.146 e. The Balaban J connectivity index is 1.53. The number of H-pyrrole nitrogens is 1. The van der Waals surface area contributed by atoms with Gasteiger partial charge in [0.05, 0.1) is 24.6 Å². The molecule has 0 spiro atoms. The number of ether oxygens (including phenoxy) is 1. The van der Waals surface area contributed by atoms with Crippen LogP contribution in [0.2, 0.25) is 0 Å². The highest BCUT2D eigenvalue weighted by molar-refractivity contribution is 5.81.